The van der Waals surface area contributed by atoms with E-state index in [1.54, 1.807) is 18.2 Å². The first-order valence-corrected chi connectivity index (χ1v) is 9.77. The van der Waals surface area contributed by atoms with Crippen LogP contribution in [-0.4, -0.2) is 34.6 Å². The molecule has 1 saturated carbocycles. The lowest BCUT2D eigenvalue weighted by Crippen LogP contribution is -2.26. The first-order chi connectivity index (χ1) is 12.8. The molecule has 0 aromatic heterocycles. The highest BCUT2D eigenvalue weighted by Crippen LogP contribution is 2.29. The van der Waals surface area contributed by atoms with E-state index >= 15 is 0 Å². The van der Waals surface area contributed by atoms with Crippen LogP contribution in [0.15, 0.2) is 41.3 Å². The van der Waals surface area contributed by atoms with Crippen LogP contribution in [0.5, 0.6) is 11.5 Å². The Bertz CT molecular complexity index is 977. The van der Waals surface area contributed by atoms with E-state index in [9.17, 15) is 13.2 Å². The lowest BCUT2D eigenvalue weighted by atomic mass is 10.2. The molecule has 1 aliphatic carbocycles. The third-order valence-corrected chi connectivity index (χ3v) is 5.66. The number of hydrogen-bond acceptors (Lipinski definition) is 6. The Kier molecular flexibility index (Phi) is 6.76. The quantitative estimate of drug-likeness (QED) is 0.583. The van der Waals surface area contributed by atoms with Gasteiger partial charge in [0.25, 0.3) is 5.91 Å². The fourth-order valence-corrected chi connectivity index (χ4v) is 3.98. The van der Waals surface area contributed by atoms with Gasteiger partial charge in [-0.15, -0.1) is 12.4 Å². The summed E-state index contributed by atoms with van der Waals surface area (Å²) in [7, 11) is -0.905. The fraction of sp³-hybridized carbons (Fsp3) is 0.278. The van der Waals surface area contributed by atoms with Crippen LogP contribution in [0, 0.1) is 0 Å². The maximum atomic E-state index is 12.6. The number of anilines is 2. The van der Waals surface area contributed by atoms with Gasteiger partial charge in [-0.05, 0) is 43.2 Å². The number of methoxy groups -OCH3 is 2. The van der Waals surface area contributed by atoms with Crippen molar-refractivity contribution in [2.24, 2.45) is 0 Å². The van der Waals surface area contributed by atoms with E-state index in [0.717, 1.165) is 12.8 Å². The first kappa shape index (κ1) is 21.8. The highest BCUT2D eigenvalue weighted by atomic mass is 35.5. The molecule has 3 rings (SSSR count). The summed E-state index contributed by atoms with van der Waals surface area (Å²) >= 11 is 0. The van der Waals surface area contributed by atoms with Gasteiger partial charge in [-0.2, -0.15) is 0 Å². The highest BCUT2D eigenvalue weighted by Gasteiger charge is 2.30. The molecule has 0 radical (unpaired) electrons. The number of ether oxygens (including phenoxy) is 2. The molecule has 0 spiro atoms. The van der Waals surface area contributed by atoms with Crippen molar-refractivity contribution in [1.29, 1.82) is 0 Å². The van der Waals surface area contributed by atoms with Crippen LogP contribution in [0.2, 0.25) is 0 Å². The molecule has 2 aromatic carbocycles. The number of nitrogens with two attached hydrogens (primary N) is 1. The Morgan fingerprint density at radius 2 is 1.82 bits per heavy atom. The molecule has 8 nitrogen and oxygen atoms in total. The van der Waals surface area contributed by atoms with Crippen LogP contribution in [-0.2, 0) is 10.0 Å². The molecular weight excluding hydrogens is 406 g/mol. The normalized spacial score (nSPS) is 13.4. The molecule has 0 heterocycles. The number of hydrogen-bond donors (Lipinski definition) is 3. The van der Waals surface area contributed by atoms with Crippen molar-refractivity contribution in [3.05, 3.63) is 42.0 Å². The van der Waals surface area contributed by atoms with Gasteiger partial charge in [0.15, 0.2) is 0 Å². The maximum absolute atomic E-state index is 12.6. The number of rotatable bonds is 7. The van der Waals surface area contributed by atoms with Crippen LogP contribution in [0.1, 0.15) is 23.2 Å². The molecule has 10 heteroatoms. The number of nitrogens with one attached hydrogen (secondary N) is 2. The average molecular weight is 428 g/mol. The van der Waals surface area contributed by atoms with Crippen LogP contribution < -0.4 is 25.2 Å². The highest BCUT2D eigenvalue weighted by molar-refractivity contribution is 7.89. The number of carbonyl (C=O) groups excluding carboxylic acids is 1. The third kappa shape index (κ3) is 4.86. The minimum atomic E-state index is -3.79. The zero-order valence-electron chi connectivity index (χ0n) is 15.4. The van der Waals surface area contributed by atoms with E-state index in [1.807, 2.05) is 0 Å². The number of sulfonamides is 1. The lowest BCUT2D eigenvalue weighted by Gasteiger charge is -2.13. The molecule has 0 bridgehead atoms. The summed E-state index contributed by atoms with van der Waals surface area (Å²) in [5.41, 5.74) is 6.78. The second-order valence-electron chi connectivity index (χ2n) is 6.17. The predicted octanol–water partition coefficient (Wildman–Crippen LogP) is 2.40. The summed E-state index contributed by atoms with van der Waals surface area (Å²) < 4.78 is 38.0. The number of benzene rings is 2. The molecule has 4 N–H and O–H groups in total. The van der Waals surface area contributed by atoms with Crippen molar-refractivity contribution in [2.75, 3.05) is 25.3 Å². The Balaban J connectivity index is 0.00000280. The Morgan fingerprint density at radius 1 is 1.11 bits per heavy atom. The molecular formula is C18H22ClN3O5S. The Morgan fingerprint density at radius 3 is 2.43 bits per heavy atom. The molecule has 0 saturated heterocycles. The molecule has 0 atom stereocenters. The van der Waals surface area contributed by atoms with Crippen LogP contribution in [0.4, 0.5) is 11.4 Å². The van der Waals surface area contributed by atoms with E-state index in [1.165, 1.54) is 32.4 Å². The molecule has 2 aromatic rings. The predicted molar refractivity (Wildman–Crippen MR) is 109 cm³/mol. The van der Waals surface area contributed by atoms with E-state index < -0.39 is 15.9 Å². The number of amides is 1. The lowest BCUT2D eigenvalue weighted by molar-refractivity contribution is 0.102. The van der Waals surface area contributed by atoms with Gasteiger partial charge in [0.05, 0.1) is 25.6 Å². The van der Waals surface area contributed by atoms with Crippen LogP contribution in [0.25, 0.3) is 0 Å². The van der Waals surface area contributed by atoms with Gasteiger partial charge >= 0.3 is 0 Å². The van der Waals surface area contributed by atoms with Gasteiger partial charge in [0.1, 0.15) is 16.4 Å². The zero-order valence-corrected chi connectivity index (χ0v) is 17.0. The fourth-order valence-electron chi connectivity index (χ4n) is 2.48. The van der Waals surface area contributed by atoms with Crippen LogP contribution >= 0.6 is 12.4 Å². The van der Waals surface area contributed by atoms with Crippen molar-refractivity contribution in [3.63, 3.8) is 0 Å². The van der Waals surface area contributed by atoms with E-state index in [0.29, 0.717) is 17.1 Å². The van der Waals surface area contributed by atoms with Crippen molar-refractivity contribution < 1.29 is 22.7 Å². The minimum Gasteiger partial charge on any atom is -0.497 e. The van der Waals surface area contributed by atoms with Crippen molar-refractivity contribution in [3.8, 4) is 11.5 Å². The summed E-state index contributed by atoms with van der Waals surface area (Å²) in [5, 5.41) is 2.67. The maximum Gasteiger partial charge on any atom is 0.255 e. The molecule has 1 aliphatic rings. The minimum absolute atomic E-state index is 0. The van der Waals surface area contributed by atoms with Gasteiger partial charge in [-0.3, -0.25) is 4.79 Å². The van der Waals surface area contributed by atoms with E-state index in [4.69, 9.17) is 15.2 Å². The van der Waals surface area contributed by atoms with Gasteiger partial charge in [0.2, 0.25) is 10.0 Å². The van der Waals surface area contributed by atoms with Gasteiger partial charge in [-0.25, -0.2) is 13.1 Å². The number of nitrogen functional groups attached to an aromatic ring is 1. The molecule has 0 aliphatic heterocycles. The van der Waals surface area contributed by atoms with Crippen LogP contribution in [0.3, 0.4) is 0 Å². The second kappa shape index (κ2) is 8.68. The van der Waals surface area contributed by atoms with Crippen molar-refractivity contribution >= 4 is 39.7 Å². The van der Waals surface area contributed by atoms with Gasteiger partial charge in [-0.1, -0.05) is 0 Å². The summed E-state index contributed by atoms with van der Waals surface area (Å²) in [6.07, 6.45) is 1.60. The molecule has 1 fully saturated rings. The summed E-state index contributed by atoms with van der Waals surface area (Å²) in [6.45, 7) is 0. The molecule has 0 unspecified atom stereocenters. The summed E-state index contributed by atoms with van der Waals surface area (Å²) in [5.74, 6) is 0.201. The average Bonchev–Trinajstić information content (AvgIpc) is 3.46. The molecule has 28 heavy (non-hydrogen) atoms. The summed E-state index contributed by atoms with van der Waals surface area (Å²) in [6, 6.07) is 9.03. The van der Waals surface area contributed by atoms with Gasteiger partial charge < -0.3 is 20.5 Å². The zero-order chi connectivity index (χ0) is 19.6. The van der Waals surface area contributed by atoms with Gasteiger partial charge in [0, 0.05) is 17.7 Å². The largest absolute Gasteiger partial charge is 0.497 e. The third-order valence-electron chi connectivity index (χ3n) is 4.12. The Labute approximate surface area is 169 Å². The number of carbonyl (C=O) groups is 1. The standard InChI is InChI=1S/C18H21N3O5S.ClH/c1-25-13-6-7-14(19)15(10-13)20-18(22)11-3-8-16(26-2)17(9-11)27(23,24)21-12-4-5-12;/h3,6-10,12,21H,4-5,19H2,1-2H3,(H,20,22);1H. The Hall–Kier alpha value is -2.49. The number of halogens is 1. The van der Waals surface area contributed by atoms with E-state index in [-0.39, 0.29) is 34.7 Å². The second-order valence-corrected chi connectivity index (χ2v) is 7.85. The molecule has 152 valence electrons. The topological polar surface area (TPSA) is 120 Å². The first-order valence-electron chi connectivity index (χ1n) is 8.29. The van der Waals surface area contributed by atoms with E-state index in [2.05, 4.69) is 10.0 Å². The SMILES string of the molecule is COc1ccc(N)c(NC(=O)c2ccc(OC)c(S(=O)(=O)NC3CC3)c2)c1.Cl. The smallest absolute Gasteiger partial charge is 0.255 e. The van der Waals surface area contributed by atoms with Crippen molar-refractivity contribution in [2.45, 2.75) is 23.8 Å². The summed E-state index contributed by atoms with van der Waals surface area (Å²) in [4.78, 5) is 12.5. The van der Waals surface area contributed by atoms with Crippen molar-refractivity contribution in [1.82, 2.24) is 4.72 Å². The molecule has 1 amide bonds. The monoisotopic (exact) mass is 427 g/mol.